The Kier molecular flexibility index (Phi) is 5.98. The first kappa shape index (κ1) is 14.3. The van der Waals surface area contributed by atoms with Crippen LogP contribution in [-0.4, -0.2) is 19.1 Å². The van der Waals surface area contributed by atoms with Crippen LogP contribution in [-0.2, 0) is 4.79 Å². The summed E-state index contributed by atoms with van der Waals surface area (Å²) < 4.78 is 5.21. The molecule has 3 nitrogen and oxygen atoms in total. The van der Waals surface area contributed by atoms with E-state index in [1.807, 2.05) is 31.2 Å². The van der Waals surface area contributed by atoms with Gasteiger partial charge in [0.1, 0.15) is 5.75 Å². The molecule has 0 saturated heterocycles. The number of para-hydroxylation sites is 1. The monoisotopic (exact) mass is 247 g/mol. The fourth-order valence-corrected chi connectivity index (χ4v) is 1.77. The van der Waals surface area contributed by atoms with Crippen molar-refractivity contribution in [3.63, 3.8) is 0 Å². The predicted molar refractivity (Wildman–Crippen MR) is 74.5 cm³/mol. The van der Waals surface area contributed by atoms with E-state index in [1.54, 1.807) is 19.3 Å². The van der Waals surface area contributed by atoms with Crippen LogP contribution in [0.15, 0.2) is 30.3 Å². The molecular weight excluding hydrogens is 226 g/mol. The molecule has 0 aliphatic heterocycles. The van der Waals surface area contributed by atoms with Crippen molar-refractivity contribution in [2.24, 2.45) is 0 Å². The van der Waals surface area contributed by atoms with E-state index in [4.69, 9.17) is 4.74 Å². The number of amides is 1. The predicted octanol–water partition coefficient (Wildman–Crippen LogP) is 3.01. The highest BCUT2D eigenvalue weighted by molar-refractivity contribution is 5.92. The summed E-state index contributed by atoms with van der Waals surface area (Å²) in [4.78, 5) is 11.7. The van der Waals surface area contributed by atoms with Crippen LogP contribution in [0.25, 0.3) is 6.08 Å². The van der Waals surface area contributed by atoms with Crippen LogP contribution in [0.1, 0.15) is 32.3 Å². The lowest BCUT2D eigenvalue weighted by molar-refractivity contribution is -0.117. The molecule has 0 spiro atoms. The maximum Gasteiger partial charge on any atom is 0.244 e. The van der Waals surface area contributed by atoms with Crippen LogP contribution in [0.5, 0.6) is 5.75 Å². The van der Waals surface area contributed by atoms with Crippen molar-refractivity contribution in [3.8, 4) is 5.75 Å². The Labute approximate surface area is 109 Å². The average molecular weight is 247 g/mol. The van der Waals surface area contributed by atoms with E-state index in [1.165, 1.54) is 0 Å². The summed E-state index contributed by atoms with van der Waals surface area (Å²) >= 11 is 0. The molecule has 1 aromatic carbocycles. The number of nitrogens with one attached hydrogen (secondary N) is 1. The third-order valence-corrected chi connectivity index (χ3v) is 2.66. The molecule has 1 atom stereocenters. The van der Waals surface area contributed by atoms with E-state index in [9.17, 15) is 4.79 Å². The van der Waals surface area contributed by atoms with Crippen LogP contribution >= 0.6 is 0 Å². The molecule has 0 unspecified atom stereocenters. The fraction of sp³-hybridized carbons (Fsp3) is 0.400. The van der Waals surface area contributed by atoms with Crippen molar-refractivity contribution >= 4 is 12.0 Å². The van der Waals surface area contributed by atoms with E-state index in [-0.39, 0.29) is 11.9 Å². The van der Waals surface area contributed by atoms with Gasteiger partial charge in [-0.25, -0.2) is 0 Å². The summed E-state index contributed by atoms with van der Waals surface area (Å²) in [6, 6.07) is 7.82. The molecule has 1 rings (SSSR count). The van der Waals surface area contributed by atoms with Gasteiger partial charge in [0.25, 0.3) is 0 Å². The Balaban J connectivity index is 2.60. The number of rotatable bonds is 6. The smallest absolute Gasteiger partial charge is 0.244 e. The van der Waals surface area contributed by atoms with E-state index in [0.717, 1.165) is 24.2 Å². The molecule has 1 aromatic rings. The van der Waals surface area contributed by atoms with Gasteiger partial charge in [0.2, 0.25) is 5.91 Å². The first-order valence-corrected chi connectivity index (χ1v) is 6.29. The first-order chi connectivity index (χ1) is 8.67. The average Bonchev–Trinajstić information content (AvgIpc) is 2.37. The van der Waals surface area contributed by atoms with Gasteiger partial charge in [0, 0.05) is 17.7 Å². The van der Waals surface area contributed by atoms with Crippen LogP contribution in [0.3, 0.4) is 0 Å². The van der Waals surface area contributed by atoms with Gasteiger partial charge in [-0.2, -0.15) is 0 Å². The standard InChI is InChI=1S/C15H21NO2/c1-4-7-12(2)16-15(17)11-10-13-8-5-6-9-14(13)18-3/h5-6,8-12H,4,7H2,1-3H3,(H,16,17)/b11-10+/t12-/m0/s1. The van der Waals surface area contributed by atoms with Crippen LogP contribution in [0.2, 0.25) is 0 Å². The molecule has 0 fully saturated rings. The Hall–Kier alpha value is -1.77. The molecular formula is C15H21NO2. The molecule has 0 aliphatic carbocycles. The summed E-state index contributed by atoms with van der Waals surface area (Å²) in [6.45, 7) is 4.12. The molecule has 0 saturated carbocycles. The second-order valence-corrected chi connectivity index (χ2v) is 4.27. The zero-order valence-corrected chi connectivity index (χ0v) is 11.3. The lowest BCUT2D eigenvalue weighted by Gasteiger charge is -2.10. The van der Waals surface area contributed by atoms with Crippen LogP contribution in [0, 0.1) is 0 Å². The Morgan fingerprint density at radius 3 is 2.83 bits per heavy atom. The molecule has 0 aliphatic rings. The molecule has 3 heteroatoms. The molecule has 0 radical (unpaired) electrons. The highest BCUT2D eigenvalue weighted by Gasteiger charge is 2.03. The first-order valence-electron chi connectivity index (χ1n) is 6.29. The third-order valence-electron chi connectivity index (χ3n) is 2.66. The summed E-state index contributed by atoms with van der Waals surface area (Å²) in [5, 5.41) is 2.92. The Bertz CT molecular complexity index is 413. The number of hydrogen-bond donors (Lipinski definition) is 1. The molecule has 98 valence electrons. The Morgan fingerprint density at radius 2 is 2.17 bits per heavy atom. The Morgan fingerprint density at radius 1 is 1.44 bits per heavy atom. The summed E-state index contributed by atoms with van der Waals surface area (Å²) in [6.07, 6.45) is 5.38. The maximum atomic E-state index is 11.7. The van der Waals surface area contributed by atoms with Crippen molar-refractivity contribution < 1.29 is 9.53 Å². The van der Waals surface area contributed by atoms with Gasteiger partial charge in [0.15, 0.2) is 0 Å². The molecule has 18 heavy (non-hydrogen) atoms. The van der Waals surface area contributed by atoms with Crippen molar-refractivity contribution in [3.05, 3.63) is 35.9 Å². The topological polar surface area (TPSA) is 38.3 Å². The molecule has 1 N–H and O–H groups in total. The van der Waals surface area contributed by atoms with Gasteiger partial charge in [0.05, 0.1) is 7.11 Å². The van der Waals surface area contributed by atoms with Gasteiger partial charge in [-0.05, 0) is 25.5 Å². The number of ether oxygens (including phenoxy) is 1. The maximum absolute atomic E-state index is 11.7. The number of carbonyl (C=O) groups excluding carboxylic acids is 1. The van der Waals surface area contributed by atoms with Crippen molar-refractivity contribution in [1.82, 2.24) is 5.32 Å². The largest absolute Gasteiger partial charge is 0.496 e. The minimum absolute atomic E-state index is 0.0677. The lowest BCUT2D eigenvalue weighted by Crippen LogP contribution is -2.30. The lowest BCUT2D eigenvalue weighted by atomic mass is 10.1. The van der Waals surface area contributed by atoms with Gasteiger partial charge < -0.3 is 10.1 Å². The number of carbonyl (C=O) groups is 1. The normalized spacial score (nSPS) is 12.4. The van der Waals surface area contributed by atoms with Crippen molar-refractivity contribution in [2.75, 3.05) is 7.11 Å². The molecule has 0 bridgehead atoms. The van der Waals surface area contributed by atoms with Gasteiger partial charge in [-0.15, -0.1) is 0 Å². The molecule has 0 heterocycles. The second-order valence-electron chi connectivity index (χ2n) is 4.27. The van der Waals surface area contributed by atoms with Gasteiger partial charge >= 0.3 is 0 Å². The highest BCUT2D eigenvalue weighted by atomic mass is 16.5. The third kappa shape index (κ3) is 4.62. The van der Waals surface area contributed by atoms with Gasteiger partial charge in [-0.1, -0.05) is 31.5 Å². The zero-order chi connectivity index (χ0) is 13.4. The summed E-state index contributed by atoms with van der Waals surface area (Å²) in [5.74, 6) is 0.699. The summed E-state index contributed by atoms with van der Waals surface area (Å²) in [5.41, 5.74) is 0.901. The van der Waals surface area contributed by atoms with E-state index < -0.39 is 0 Å². The van der Waals surface area contributed by atoms with Crippen LogP contribution in [0.4, 0.5) is 0 Å². The minimum Gasteiger partial charge on any atom is -0.496 e. The van der Waals surface area contributed by atoms with Crippen molar-refractivity contribution in [1.29, 1.82) is 0 Å². The number of hydrogen-bond acceptors (Lipinski definition) is 2. The highest BCUT2D eigenvalue weighted by Crippen LogP contribution is 2.18. The quantitative estimate of drug-likeness (QED) is 0.785. The molecule has 0 aromatic heterocycles. The SMILES string of the molecule is CCC[C@H](C)NC(=O)/C=C/c1ccccc1OC. The van der Waals surface area contributed by atoms with E-state index >= 15 is 0 Å². The fourth-order valence-electron chi connectivity index (χ4n) is 1.77. The summed E-state index contributed by atoms with van der Waals surface area (Å²) in [7, 11) is 1.62. The molecule has 1 amide bonds. The van der Waals surface area contributed by atoms with E-state index in [2.05, 4.69) is 12.2 Å². The minimum atomic E-state index is -0.0677. The van der Waals surface area contributed by atoms with Gasteiger partial charge in [-0.3, -0.25) is 4.79 Å². The van der Waals surface area contributed by atoms with E-state index in [0.29, 0.717) is 0 Å². The number of methoxy groups -OCH3 is 1. The van der Waals surface area contributed by atoms with Crippen LogP contribution < -0.4 is 10.1 Å². The number of benzene rings is 1. The zero-order valence-electron chi connectivity index (χ0n) is 11.3. The second kappa shape index (κ2) is 7.54. The van der Waals surface area contributed by atoms with Crippen molar-refractivity contribution in [2.45, 2.75) is 32.7 Å².